The fourth-order valence-corrected chi connectivity index (χ4v) is 4.32. The summed E-state index contributed by atoms with van der Waals surface area (Å²) >= 11 is 1.89. The minimum atomic E-state index is 0.390. The Bertz CT molecular complexity index is 511. The molecular weight excluding hydrogens is 316 g/mol. The molecule has 136 valence electrons. The third-order valence-corrected chi connectivity index (χ3v) is 5.47. The molecular formula is C19H34N4S. The molecule has 0 bridgehead atoms. The van der Waals surface area contributed by atoms with Crippen molar-refractivity contribution in [2.24, 2.45) is 10.9 Å². The number of hydrogen-bond acceptors (Lipinski definition) is 3. The third kappa shape index (κ3) is 6.44. The largest absolute Gasteiger partial charge is 0.357 e. The van der Waals surface area contributed by atoms with Crippen LogP contribution in [0, 0.1) is 12.8 Å². The highest BCUT2D eigenvalue weighted by Crippen LogP contribution is 2.17. The lowest BCUT2D eigenvalue weighted by molar-refractivity contribution is 0.326. The van der Waals surface area contributed by atoms with Crippen LogP contribution in [0.1, 0.15) is 43.4 Å². The van der Waals surface area contributed by atoms with Gasteiger partial charge in [-0.1, -0.05) is 6.92 Å². The number of nitrogens with one attached hydrogen (secondary N) is 2. The van der Waals surface area contributed by atoms with Crippen molar-refractivity contribution in [3.63, 3.8) is 0 Å². The van der Waals surface area contributed by atoms with E-state index in [1.807, 2.05) is 11.3 Å². The molecule has 0 spiro atoms. The minimum absolute atomic E-state index is 0.390. The van der Waals surface area contributed by atoms with Crippen LogP contribution < -0.4 is 10.6 Å². The van der Waals surface area contributed by atoms with Crippen LogP contribution in [0.25, 0.3) is 0 Å². The van der Waals surface area contributed by atoms with Crippen molar-refractivity contribution in [1.29, 1.82) is 0 Å². The van der Waals surface area contributed by atoms with Gasteiger partial charge in [-0.3, -0.25) is 4.99 Å². The van der Waals surface area contributed by atoms with Crippen LogP contribution in [0.15, 0.2) is 17.1 Å². The van der Waals surface area contributed by atoms with Crippen molar-refractivity contribution in [2.45, 2.75) is 53.0 Å². The van der Waals surface area contributed by atoms with Crippen LogP contribution >= 0.6 is 11.3 Å². The van der Waals surface area contributed by atoms with Crippen LogP contribution in [0.2, 0.25) is 0 Å². The predicted octanol–water partition coefficient (Wildman–Crippen LogP) is 3.27. The van der Waals surface area contributed by atoms with Gasteiger partial charge in [0.05, 0.1) is 0 Å². The number of rotatable bonds is 8. The third-order valence-electron chi connectivity index (χ3n) is 4.45. The van der Waals surface area contributed by atoms with E-state index in [9.17, 15) is 0 Å². The van der Waals surface area contributed by atoms with Gasteiger partial charge in [0.1, 0.15) is 0 Å². The Kier molecular flexibility index (Phi) is 8.06. The van der Waals surface area contributed by atoms with E-state index in [0.29, 0.717) is 12.0 Å². The van der Waals surface area contributed by atoms with Gasteiger partial charge >= 0.3 is 0 Å². The Morgan fingerprint density at radius 1 is 1.42 bits per heavy atom. The van der Waals surface area contributed by atoms with E-state index in [4.69, 9.17) is 4.99 Å². The van der Waals surface area contributed by atoms with E-state index in [1.165, 1.54) is 42.2 Å². The number of likely N-dealkylation sites (tertiary alicyclic amines) is 1. The van der Waals surface area contributed by atoms with E-state index in [2.05, 4.69) is 55.4 Å². The first-order chi connectivity index (χ1) is 11.6. The molecule has 0 aliphatic carbocycles. The average Bonchev–Trinajstić information content (AvgIpc) is 3.14. The molecule has 4 nitrogen and oxygen atoms in total. The molecule has 0 radical (unpaired) electrons. The predicted molar refractivity (Wildman–Crippen MR) is 106 cm³/mol. The summed E-state index contributed by atoms with van der Waals surface area (Å²) in [7, 11) is 0. The maximum atomic E-state index is 4.85. The quantitative estimate of drug-likeness (QED) is 0.558. The van der Waals surface area contributed by atoms with Gasteiger partial charge in [0.2, 0.25) is 0 Å². The van der Waals surface area contributed by atoms with Crippen LogP contribution in [-0.2, 0) is 6.42 Å². The summed E-state index contributed by atoms with van der Waals surface area (Å²) in [6.07, 6.45) is 3.59. The van der Waals surface area contributed by atoms with Crippen molar-refractivity contribution in [1.82, 2.24) is 15.5 Å². The molecule has 2 rings (SSSR count). The summed E-state index contributed by atoms with van der Waals surface area (Å²) in [5.74, 6) is 1.68. The maximum absolute atomic E-state index is 4.85. The molecule has 2 N–H and O–H groups in total. The minimum Gasteiger partial charge on any atom is -0.357 e. The van der Waals surface area contributed by atoms with Gasteiger partial charge in [0.25, 0.3) is 0 Å². The number of nitrogens with zero attached hydrogens (tertiary/aromatic N) is 2. The molecule has 24 heavy (non-hydrogen) atoms. The lowest BCUT2D eigenvalue weighted by atomic mass is 10.1. The highest BCUT2D eigenvalue weighted by atomic mass is 32.1. The monoisotopic (exact) mass is 350 g/mol. The molecule has 1 aromatic rings. The van der Waals surface area contributed by atoms with Crippen LogP contribution in [0.3, 0.4) is 0 Å². The molecule has 5 heteroatoms. The van der Waals surface area contributed by atoms with Crippen LogP contribution in [-0.4, -0.2) is 49.6 Å². The Labute approximate surface area is 151 Å². The SMILES string of the molecule is CCCN1CCC(CN=C(NCC)NC(C)Cc2ccc(C)s2)C1. The Morgan fingerprint density at radius 2 is 2.25 bits per heavy atom. The van der Waals surface area contributed by atoms with Crippen molar-refractivity contribution >= 4 is 17.3 Å². The Hall–Kier alpha value is -1.07. The van der Waals surface area contributed by atoms with Gasteiger partial charge < -0.3 is 15.5 Å². The summed E-state index contributed by atoms with van der Waals surface area (Å²) in [5.41, 5.74) is 0. The standard InChI is InChI=1S/C19H34N4S/c1-5-10-23-11-9-17(14-23)13-21-19(20-6-2)22-15(3)12-18-8-7-16(4)24-18/h7-8,15,17H,5-6,9-14H2,1-4H3,(H2,20,21,22). The first kappa shape index (κ1) is 19.3. The molecule has 0 amide bonds. The number of thiophene rings is 1. The average molecular weight is 351 g/mol. The van der Waals surface area contributed by atoms with Crippen molar-refractivity contribution < 1.29 is 0 Å². The smallest absolute Gasteiger partial charge is 0.191 e. The second kappa shape index (κ2) is 10.0. The lowest BCUT2D eigenvalue weighted by Gasteiger charge is -2.18. The molecule has 1 fully saturated rings. The van der Waals surface area contributed by atoms with E-state index in [1.54, 1.807) is 0 Å². The zero-order valence-electron chi connectivity index (χ0n) is 15.8. The van der Waals surface area contributed by atoms with Crippen LogP contribution in [0.5, 0.6) is 0 Å². The zero-order valence-corrected chi connectivity index (χ0v) is 16.6. The number of aryl methyl sites for hydroxylation is 1. The molecule has 1 saturated heterocycles. The number of guanidine groups is 1. The highest BCUT2D eigenvalue weighted by Gasteiger charge is 2.21. The van der Waals surface area contributed by atoms with Gasteiger partial charge in [-0.25, -0.2) is 0 Å². The molecule has 0 saturated carbocycles. The second-order valence-electron chi connectivity index (χ2n) is 6.94. The number of hydrogen-bond donors (Lipinski definition) is 2. The Balaban J connectivity index is 1.81. The van der Waals surface area contributed by atoms with E-state index < -0.39 is 0 Å². The molecule has 0 aromatic carbocycles. The van der Waals surface area contributed by atoms with Gasteiger partial charge in [-0.2, -0.15) is 0 Å². The van der Waals surface area contributed by atoms with Crippen molar-refractivity contribution in [3.05, 3.63) is 21.9 Å². The summed E-state index contributed by atoms with van der Waals surface area (Å²) in [6.45, 7) is 14.3. The highest BCUT2D eigenvalue weighted by molar-refractivity contribution is 7.11. The van der Waals surface area contributed by atoms with Crippen molar-refractivity contribution in [3.8, 4) is 0 Å². The van der Waals surface area contributed by atoms with Crippen LogP contribution in [0.4, 0.5) is 0 Å². The lowest BCUT2D eigenvalue weighted by Crippen LogP contribution is -2.43. The molecule has 2 unspecified atom stereocenters. The topological polar surface area (TPSA) is 39.7 Å². The normalized spacial score (nSPS) is 20.3. The molecule has 1 aromatic heterocycles. The molecule has 2 heterocycles. The number of aliphatic imine (C=N–C) groups is 1. The van der Waals surface area contributed by atoms with E-state index >= 15 is 0 Å². The second-order valence-corrected chi connectivity index (χ2v) is 8.31. The molecule has 1 aliphatic rings. The summed E-state index contributed by atoms with van der Waals surface area (Å²) in [4.78, 5) is 10.2. The fourth-order valence-electron chi connectivity index (χ4n) is 3.30. The summed E-state index contributed by atoms with van der Waals surface area (Å²) in [5, 5.41) is 6.96. The molecule has 1 aliphatic heterocycles. The summed E-state index contributed by atoms with van der Waals surface area (Å²) < 4.78 is 0. The van der Waals surface area contributed by atoms with E-state index in [-0.39, 0.29) is 0 Å². The maximum Gasteiger partial charge on any atom is 0.191 e. The fraction of sp³-hybridized carbons (Fsp3) is 0.737. The first-order valence-electron chi connectivity index (χ1n) is 9.43. The van der Waals surface area contributed by atoms with Crippen molar-refractivity contribution in [2.75, 3.05) is 32.7 Å². The van der Waals surface area contributed by atoms with Gasteiger partial charge in [-0.15, -0.1) is 11.3 Å². The summed E-state index contributed by atoms with van der Waals surface area (Å²) in [6, 6.07) is 4.83. The first-order valence-corrected chi connectivity index (χ1v) is 10.2. The Morgan fingerprint density at radius 3 is 2.92 bits per heavy atom. The zero-order chi connectivity index (χ0) is 17.4. The molecule has 2 atom stereocenters. The van der Waals surface area contributed by atoms with Gasteiger partial charge in [0.15, 0.2) is 5.96 Å². The van der Waals surface area contributed by atoms with E-state index in [0.717, 1.165) is 25.5 Å². The van der Waals surface area contributed by atoms with Gasteiger partial charge in [-0.05, 0) is 64.8 Å². The van der Waals surface area contributed by atoms with Gasteiger partial charge in [0, 0.05) is 41.9 Å².